The summed E-state index contributed by atoms with van der Waals surface area (Å²) in [6.07, 6.45) is 3.38. The molecule has 4 unspecified atom stereocenters. The van der Waals surface area contributed by atoms with Crippen LogP contribution in [0.4, 0.5) is 5.69 Å². The minimum atomic E-state index is -0.698. The molecule has 0 bridgehead atoms. The van der Waals surface area contributed by atoms with Crippen LogP contribution in [-0.2, 0) is 4.79 Å². The number of aliphatic carboxylic acids is 1. The summed E-state index contributed by atoms with van der Waals surface area (Å²) in [5.41, 5.74) is 0.982. The Morgan fingerprint density at radius 1 is 1.18 bits per heavy atom. The summed E-state index contributed by atoms with van der Waals surface area (Å²) in [6, 6.07) is 9.44. The minimum Gasteiger partial charge on any atom is -0.480 e. The standard InChI is InChI=1S/C19H29NO2/c1-13(2)16-11-10-14(3)12-17(16)18(19(21)22)20(4)15-8-6-5-7-9-15/h5-9,13-14,16-18H,10-12H2,1-4H3,(H,21,22). The van der Waals surface area contributed by atoms with E-state index in [0.29, 0.717) is 17.8 Å². The average Bonchev–Trinajstić information content (AvgIpc) is 2.47. The highest BCUT2D eigenvalue weighted by atomic mass is 16.4. The van der Waals surface area contributed by atoms with Gasteiger partial charge in [0.25, 0.3) is 0 Å². The molecule has 1 aliphatic rings. The topological polar surface area (TPSA) is 40.5 Å². The Bertz CT molecular complexity index is 485. The summed E-state index contributed by atoms with van der Waals surface area (Å²) in [7, 11) is 1.92. The predicted octanol–water partition coefficient (Wildman–Crippen LogP) is 4.28. The largest absolute Gasteiger partial charge is 0.480 e. The molecule has 1 aromatic rings. The van der Waals surface area contributed by atoms with E-state index in [1.165, 1.54) is 6.42 Å². The summed E-state index contributed by atoms with van der Waals surface area (Å²) in [5, 5.41) is 9.90. The monoisotopic (exact) mass is 303 g/mol. The highest BCUT2D eigenvalue weighted by Gasteiger charge is 2.41. The molecule has 122 valence electrons. The Kier molecular flexibility index (Phi) is 5.49. The molecular formula is C19H29NO2. The van der Waals surface area contributed by atoms with Crippen LogP contribution in [0, 0.1) is 23.7 Å². The van der Waals surface area contributed by atoms with Crippen molar-refractivity contribution in [2.75, 3.05) is 11.9 Å². The number of nitrogens with zero attached hydrogens (tertiary/aromatic N) is 1. The minimum absolute atomic E-state index is 0.214. The maximum Gasteiger partial charge on any atom is 0.326 e. The Balaban J connectivity index is 2.30. The van der Waals surface area contributed by atoms with Crippen LogP contribution >= 0.6 is 0 Å². The Morgan fingerprint density at radius 3 is 2.36 bits per heavy atom. The molecule has 0 heterocycles. The molecule has 1 fully saturated rings. The number of carbonyl (C=O) groups is 1. The van der Waals surface area contributed by atoms with Crippen molar-refractivity contribution in [3.63, 3.8) is 0 Å². The first-order valence-corrected chi connectivity index (χ1v) is 8.42. The molecule has 0 spiro atoms. The van der Waals surface area contributed by atoms with Crippen molar-refractivity contribution < 1.29 is 9.90 Å². The van der Waals surface area contributed by atoms with Crippen molar-refractivity contribution in [2.45, 2.75) is 46.1 Å². The fraction of sp³-hybridized carbons (Fsp3) is 0.632. The van der Waals surface area contributed by atoms with E-state index in [-0.39, 0.29) is 5.92 Å². The maximum atomic E-state index is 12.0. The summed E-state index contributed by atoms with van der Waals surface area (Å²) in [4.78, 5) is 14.0. The van der Waals surface area contributed by atoms with Gasteiger partial charge in [0.15, 0.2) is 0 Å². The Morgan fingerprint density at radius 2 is 1.82 bits per heavy atom. The van der Waals surface area contributed by atoms with Gasteiger partial charge in [-0.15, -0.1) is 0 Å². The van der Waals surface area contributed by atoms with Gasteiger partial charge in [-0.2, -0.15) is 0 Å². The van der Waals surface area contributed by atoms with Crippen LogP contribution in [0.1, 0.15) is 40.0 Å². The summed E-state index contributed by atoms with van der Waals surface area (Å²) in [5.74, 6) is 1.15. The molecule has 22 heavy (non-hydrogen) atoms. The van der Waals surface area contributed by atoms with Gasteiger partial charge >= 0.3 is 5.97 Å². The summed E-state index contributed by atoms with van der Waals surface area (Å²) in [6.45, 7) is 6.72. The number of hydrogen-bond donors (Lipinski definition) is 1. The molecule has 1 aromatic carbocycles. The molecule has 2 rings (SSSR count). The molecule has 1 saturated carbocycles. The number of carboxylic acid groups (broad SMARTS) is 1. The summed E-state index contributed by atoms with van der Waals surface area (Å²) < 4.78 is 0. The number of hydrogen-bond acceptors (Lipinski definition) is 2. The zero-order valence-corrected chi connectivity index (χ0v) is 14.2. The summed E-state index contributed by atoms with van der Waals surface area (Å²) >= 11 is 0. The first-order chi connectivity index (χ1) is 10.4. The van der Waals surface area contributed by atoms with E-state index < -0.39 is 12.0 Å². The first kappa shape index (κ1) is 16.9. The molecule has 3 nitrogen and oxygen atoms in total. The lowest BCUT2D eigenvalue weighted by atomic mass is 9.67. The van der Waals surface area contributed by atoms with Crippen molar-refractivity contribution in [1.82, 2.24) is 0 Å². The van der Waals surface area contributed by atoms with E-state index in [0.717, 1.165) is 18.5 Å². The zero-order chi connectivity index (χ0) is 16.3. The van der Waals surface area contributed by atoms with Crippen molar-refractivity contribution >= 4 is 11.7 Å². The number of carboxylic acids is 1. The van der Waals surface area contributed by atoms with Crippen molar-refractivity contribution in [3.05, 3.63) is 30.3 Å². The first-order valence-electron chi connectivity index (χ1n) is 8.42. The zero-order valence-electron chi connectivity index (χ0n) is 14.2. The molecule has 3 heteroatoms. The molecule has 0 amide bonds. The van der Waals surface area contributed by atoms with Crippen LogP contribution in [0.3, 0.4) is 0 Å². The second-order valence-corrected chi connectivity index (χ2v) is 7.22. The van der Waals surface area contributed by atoms with Gasteiger partial charge in [0.2, 0.25) is 0 Å². The number of likely N-dealkylation sites (N-methyl/N-ethyl adjacent to an activating group) is 1. The van der Waals surface area contributed by atoms with Crippen LogP contribution < -0.4 is 4.90 Å². The van der Waals surface area contributed by atoms with E-state index in [2.05, 4.69) is 20.8 Å². The van der Waals surface area contributed by atoms with Crippen molar-refractivity contribution in [1.29, 1.82) is 0 Å². The normalized spacial score (nSPS) is 26.7. The van der Waals surface area contributed by atoms with Crippen LogP contribution in [0.15, 0.2) is 30.3 Å². The second kappa shape index (κ2) is 7.17. The van der Waals surface area contributed by atoms with Crippen LogP contribution in [0.2, 0.25) is 0 Å². The fourth-order valence-electron chi connectivity index (χ4n) is 4.10. The molecule has 0 aromatic heterocycles. The Labute approximate surface area is 134 Å². The number of para-hydroxylation sites is 1. The van der Waals surface area contributed by atoms with Crippen molar-refractivity contribution in [3.8, 4) is 0 Å². The van der Waals surface area contributed by atoms with Crippen LogP contribution in [-0.4, -0.2) is 24.2 Å². The predicted molar refractivity (Wildman–Crippen MR) is 91.1 cm³/mol. The number of anilines is 1. The van der Waals surface area contributed by atoms with E-state index in [1.807, 2.05) is 42.3 Å². The quantitative estimate of drug-likeness (QED) is 0.882. The average molecular weight is 303 g/mol. The van der Waals surface area contributed by atoms with E-state index >= 15 is 0 Å². The molecule has 0 saturated heterocycles. The maximum absolute atomic E-state index is 12.0. The highest BCUT2D eigenvalue weighted by Crippen LogP contribution is 2.41. The second-order valence-electron chi connectivity index (χ2n) is 7.22. The smallest absolute Gasteiger partial charge is 0.326 e. The number of rotatable bonds is 5. The fourth-order valence-corrected chi connectivity index (χ4v) is 4.10. The Hall–Kier alpha value is -1.51. The van der Waals surface area contributed by atoms with Gasteiger partial charge in [-0.05, 0) is 48.6 Å². The highest BCUT2D eigenvalue weighted by molar-refractivity contribution is 5.78. The van der Waals surface area contributed by atoms with Gasteiger partial charge in [0, 0.05) is 12.7 Å². The molecule has 0 radical (unpaired) electrons. The van der Waals surface area contributed by atoms with Gasteiger partial charge in [-0.1, -0.05) is 45.4 Å². The van der Waals surface area contributed by atoms with Gasteiger partial charge < -0.3 is 10.0 Å². The van der Waals surface area contributed by atoms with E-state index in [1.54, 1.807) is 0 Å². The van der Waals surface area contributed by atoms with Crippen LogP contribution in [0.5, 0.6) is 0 Å². The van der Waals surface area contributed by atoms with Gasteiger partial charge in [0.1, 0.15) is 6.04 Å². The number of benzene rings is 1. The molecular weight excluding hydrogens is 274 g/mol. The van der Waals surface area contributed by atoms with Gasteiger partial charge in [0.05, 0.1) is 0 Å². The molecule has 1 aliphatic carbocycles. The van der Waals surface area contributed by atoms with Gasteiger partial charge in [-0.25, -0.2) is 4.79 Å². The van der Waals surface area contributed by atoms with E-state index in [9.17, 15) is 9.90 Å². The third-order valence-electron chi connectivity index (χ3n) is 5.31. The molecule has 0 aliphatic heterocycles. The third-order valence-corrected chi connectivity index (χ3v) is 5.31. The van der Waals surface area contributed by atoms with Gasteiger partial charge in [-0.3, -0.25) is 0 Å². The molecule has 4 atom stereocenters. The van der Waals surface area contributed by atoms with E-state index in [4.69, 9.17) is 0 Å². The van der Waals surface area contributed by atoms with Crippen LogP contribution in [0.25, 0.3) is 0 Å². The lowest BCUT2D eigenvalue weighted by Gasteiger charge is -2.43. The SMILES string of the molecule is CC1CCC(C(C)C)C(C(C(=O)O)N(C)c2ccccc2)C1. The van der Waals surface area contributed by atoms with Crippen molar-refractivity contribution in [2.24, 2.45) is 23.7 Å². The lowest BCUT2D eigenvalue weighted by Crippen LogP contribution is -2.49. The lowest BCUT2D eigenvalue weighted by molar-refractivity contribution is -0.141. The molecule has 1 N–H and O–H groups in total. The third kappa shape index (κ3) is 3.63.